The van der Waals surface area contributed by atoms with E-state index in [1.807, 2.05) is 0 Å². The Morgan fingerprint density at radius 1 is 0.500 bits per heavy atom. The lowest BCUT2D eigenvalue weighted by molar-refractivity contribution is -0.408. The van der Waals surface area contributed by atoms with Gasteiger partial charge in [-0.1, -0.05) is 24.3 Å². The molecule has 0 radical (unpaired) electrons. The molecule has 0 aliphatic heterocycles. The maximum Gasteiger partial charge on any atom is 0.430 e. The van der Waals surface area contributed by atoms with Crippen LogP contribution in [0.2, 0.25) is 0 Å². The average Bonchev–Trinajstić information content (AvgIpc) is 2.52. The fourth-order valence-corrected chi connectivity index (χ4v) is 3.13. The Balaban J connectivity index is 4.34. The van der Waals surface area contributed by atoms with Gasteiger partial charge in [0.1, 0.15) is 0 Å². The van der Waals surface area contributed by atoms with E-state index in [0.717, 1.165) is 0 Å². The average molecular weight is 494 g/mol. The Bertz CT molecular complexity index is 679. The molecule has 0 unspecified atom stereocenters. The monoisotopic (exact) mass is 494 g/mol. The maximum atomic E-state index is 13.9. The summed E-state index contributed by atoms with van der Waals surface area (Å²) < 4.78 is 175. The van der Waals surface area contributed by atoms with E-state index < -0.39 is 59.2 Å². The number of ether oxygens (including phenoxy) is 2. The molecule has 2 nitrogen and oxygen atoms in total. The molecule has 0 aromatic heterocycles. The molecule has 14 heteroatoms. The second-order valence-corrected chi connectivity index (χ2v) is 7.23. The van der Waals surface area contributed by atoms with Gasteiger partial charge in [0.05, 0.1) is 12.2 Å². The van der Waals surface area contributed by atoms with Crippen molar-refractivity contribution >= 4 is 0 Å². The molecule has 0 aliphatic rings. The zero-order valence-electron chi connectivity index (χ0n) is 16.8. The number of halogens is 12. The van der Waals surface area contributed by atoms with E-state index in [2.05, 4.69) is 9.47 Å². The molecule has 0 amide bonds. The number of alkyl halides is 12. The van der Waals surface area contributed by atoms with E-state index in [1.165, 1.54) is 0 Å². The first-order chi connectivity index (χ1) is 14.1. The summed E-state index contributed by atoms with van der Waals surface area (Å²) in [6.07, 6.45) is -29.9. The van der Waals surface area contributed by atoms with Crippen LogP contribution in [0.1, 0.15) is 38.8 Å². The normalized spacial score (nSPS) is 15.1. The molecular formula is C18H18F12O2. The van der Waals surface area contributed by atoms with Crippen molar-refractivity contribution in [1.82, 2.24) is 0 Å². The lowest BCUT2D eigenvalue weighted by atomic mass is 9.79. The van der Waals surface area contributed by atoms with Crippen LogP contribution in [0.4, 0.5) is 52.7 Å². The SMILES string of the molecule is CC(C)OC(c1ccccc1C(OC(C)C)(C(F)(F)F)C(F)(F)F)(C(F)(F)F)C(F)(F)F. The van der Waals surface area contributed by atoms with Crippen LogP contribution in [0.15, 0.2) is 24.3 Å². The summed E-state index contributed by atoms with van der Waals surface area (Å²) in [5.74, 6) is 0. The fraction of sp³-hybridized carbons (Fsp3) is 0.667. The van der Waals surface area contributed by atoms with Gasteiger partial charge in [-0.3, -0.25) is 0 Å². The second kappa shape index (κ2) is 8.58. The minimum atomic E-state index is -6.51. The first kappa shape index (κ1) is 28.3. The summed E-state index contributed by atoms with van der Waals surface area (Å²) >= 11 is 0. The summed E-state index contributed by atoms with van der Waals surface area (Å²) in [5.41, 5.74) is -15.9. The largest absolute Gasteiger partial charge is 0.430 e. The van der Waals surface area contributed by atoms with Crippen LogP contribution >= 0.6 is 0 Å². The molecule has 0 aliphatic carbocycles. The molecule has 1 rings (SSSR count). The number of hydrogen-bond acceptors (Lipinski definition) is 2. The van der Waals surface area contributed by atoms with Crippen molar-refractivity contribution in [3.05, 3.63) is 35.4 Å². The van der Waals surface area contributed by atoms with Crippen molar-refractivity contribution < 1.29 is 62.2 Å². The van der Waals surface area contributed by atoms with E-state index in [-0.39, 0.29) is 12.1 Å². The van der Waals surface area contributed by atoms with E-state index in [4.69, 9.17) is 0 Å². The minimum Gasteiger partial charge on any atom is -0.351 e. The second-order valence-electron chi connectivity index (χ2n) is 7.23. The summed E-state index contributed by atoms with van der Waals surface area (Å²) in [7, 11) is 0. The molecule has 1 aromatic carbocycles. The molecule has 0 bridgehead atoms. The zero-order chi connectivity index (χ0) is 25.6. The molecule has 0 spiro atoms. The van der Waals surface area contributed by atoms with Crippen LogP contribution in [0.5, 0.6) is 0 Å². The highest BCUT2D eigenvalue weighted by molar-refractivity contribution is 5.42. The number of rotatable bonds is 6. The summed E-state index contributed by atoms with van der Waals surface area (Å²) in [4.78, 5) is 0. The van der Waals surface area contributed by atoms with Gasteiger partial charge in [-0.25, -0.2) is 0 Å². The number of hydrogen-bond donors (Lipinski definition) is 0. The molecule has 32 heavy (non-hydrogen) atoms. The maximum absolute atomic E-state index is 13.9. The Labute approximate surface area is 174 Å². The highest BCUT2D eigenvalue weighted by atomic mass is 19.4. The van der Waals surface area contributed by atoms with Gasteiger partial charge in [0.15, 0.2) is 0 Å². The summed E-state index contributed by atoms with van der Waals surface area (Å²) in [5, 5.41) is 0. The van der Waals surface area contributed by atoms with Gasteiger partial charge in [-0.2, -0.15) is 52.7 Å². The van der Waals surface area contributed by atoms with Gasteiger partial charge < -0.3 is 9.47 Å². The highest BCUT2D eigenvalue weighted by Gasteiger charge is 2.79. The summed E-state index contributed by atoms with van der Waals surface area (Å²) in [6.45, 7) is 2.83. The van der Waals surface area contributed by atoms with Gasteiger partial charge in [-0.05, 0) is 27.7 Å². The van der Waals surface area contributed by atoms with Gasteiger partial charge in [-0.15, -0.1) is 0 Å². The van der Waals surface area contributed by atoms with E-state index in [9.17, 15) is 52.7 Å². The molecule has 1 aromatic rings. The predicted molar refractivity (Wildman–Crippen MR) is 86.5 cm³/mol. The third kappa shape index (κ3) is 4.66. The van der Waals surface area contributed by atoms with E-state index in [0.29, 0.717) is 39.8 Å². The lowest BCUT2D eigenvalue weighted by Crippen LogP contribution is -2.61. The third-order valence-electron chi connectivity index (χ3n) is 4.11. The van der Waals surface area contributed by atoms with Gasteiger partial charge in [0.2, 0.25) is 0 Å². The lowest BCUT2D eigenvalue weighted by Gasteiger charge is -2.44. The van der Waals surface area contributed by atoms with Crippen molar-refractivity contribution in [3.63, 3.8) is 0 Å². The van der Waals surface area contributed by atoms with Gasteiger partial charge in [0.25, 0.3) is 11.2 Å². The van der Waals surface area contributed by atoms with Crippen LogP contribution in [0.3, 0.4) is 0 Å². The molecular weight excluding hydrogens is 476 g/mol. The molecule has 0 saturated heterocycles. The van der Waals surface area contributed by atoms with Crippen molar-refractivity contribution in [2.24, 2.45) is 0 Å². The zero-order valence-corrected chi connectivity index (χ0v) is 16.8. The fourth-order valence-electron chi connectivity index (χ4n) is 3.13. The Hall–Kier alpha value is -1.70. The minimum absolute atomic E-state index is 0.144. The van der Waals surface area contributed by atoms with Gasteiger partial charge >= 0.3 is 24.7 Å². The molecule has 0 saturated carbocycles. The van der Waals surface area contributed by atoms with Crippen molar-refractivity contribution in [2.45, 2.75) is 75.8 Å². The topological polar surface area (TPSA) is 18.5 Å². The van der Waals surface area contributed by atoms with Crippen LogP contribution in [0.25, 0.3) is 0 Å². The quantitative estimate of drug-likeness (QED) is 0.391. The Morgan fingerprint density at radius 2 is 0.719 bits per heavy atom. The molecule has 0 N–H and O–H groups in total. The Morgan fingerprint density at radius 3 is 0.875 bits per heavy atom. The van der Waals surface area contributed by atoms with Crippen LogP contribution in [-0.4, -0.2) is 36.9 Å². The van der Waals surface area contributed by atoms with E-state index in [1.54, 1.807) is 0 Å². The van der Waals surface area contributed by atoms with E-state index >= 15 is 0 Å². The first-order valence-corrected chi connectivity index (χ1v) is 8.78. The number of benzene rings is 1. The smallest absolute Gasteiger partial charge is 0.351 e. The van der Waals surface area contributed by atoms with Crippen LogP contribution in [-0.2, 0) is 20.7 Å². The molecule has 0 atom stereocenters. The van der Waals surface area contributed by atoms with Gasteiger partial charge in [0, 0.05) is 11.1 Å². The molecule has 0 heterocycles. The molecule has 186 valence electrons. The third-order valence-corrected chi connectivity index (χ3v) is 4.11. The van der Waals surface area contributed by atoms with Crippen molar-refractivity contribution in [1.29, 1.82) is 0 Å². The first-order valence-electron chi connectivity index (χ1n) is 8.78. The summed E-state index contributed by atoms with van der Waals surface area (Å²) in [6, 6.07) is 0.576. The van der Waals surface area contributed by atoms with Crippen LogP contribution < -0.4 is 0 Å². The molecule has 0 fully saturated rings. The van der Waals surface area contributed by atoms with Crippen LogP contribution in [0, 0.1) is 0 Å². The highest BCUT2D eigenvalue weighted by Crippen LogP contribution is 2.60. The van der Waals surface area contributed by atoms with Crippen molar-refractivity contribution in [2.75, 3.05) is 0 Å². The predicted octanol–water partition coefficient (Wildman–Crippen LogP) is 7.18. The van der Waals surface area contributed by atoms with Crippen molar-refractivity contribution in [3.8, 4) is 0 Å². The standard InChI is InChI=1S/C18H18F12O2/c1-9(2)31-13(15(19,20)21,16(22,23)24)11-7-5-6-8-12(11)14(17(25,26)27,18(28,29)30)32-10(3)4/h5-10H,1-4H3. The Kier molecular flexibility index (Phi) is 7.60.